The highest BCUT2D eigenvalue weighted by molar-refractivity contribution is 6.28. The lowest BCUT2D eigenvalue weighted by atomic mass is 10.1. The smallest absolute Gasteiger partial charge is 0.173 e. The number of hydrogen-bond donors (Lipinski definition) is 0. The summed E-state index contributed by atoms with van der Waals surface area (Å²) in [6, 6.07) is 0. The van der Waals surface area contributed by atoms with Gasteiger partial charge in [0.2, 0.25) is 0 Å². The number of rotatable bonds is 0. The minimum atomic E-state index is -0.542. The molecule has 1 aliphatic carbocycles. The van der Waals surface area contributed by atoms with Crippen molar-refractivity contribution in [2.75, 3.05) is 0 Å². The zero-order valence-corrected chi connectivity index (χ0v) is 5.81. The predicted molar refractivity (Wildman–Crippen MR) is 37.5 cm³/mol. The second-order valence-electron chi connectivity index (χ2n) is 2.41. The number of allylic oxidation sites excluding steroid dienone is 2. The van der Waals surface area contributed by atoms with E-state index < -0.39 is 5.92 Å². The van der Waals surface area contributed by atoms with Crippen molar-refractivity contribution in [3.8, 4) is 0 Å². The monoisotopic (exact) mass is 136 g/mol. The molecule has 0 aromatic rings. The van der Waals surface area contributed by atoms with Crippen LogP contribution in [0.1, 0.15) is 6.92 Å². The summed E-state index contributed by atoms with van der Waals surface area (Å²) in [6.07, 6.45) is 0. The van der Waals surface area contributed by atoms with Crippen LogP contribution in [0.2, 0.25) is 0 Å². The molecule has 0 bridgehead atoms. The van der Waals surface area contributed by atoms with Gasteiger partial charge in [0.05, 0.1) is 5.92 Å². The zero-order chi connectivity index (χ0) is 7.89. The van der Waals surface area contributed by atoms with Gasteiger partial charge in [-0.2, -0.15) is 0 Å². The fourth-order valence-corrected chi connectivity index (χ4v) is 0.939. The van der Waals surface area contributed by atoms with Crippen molar-refractivity contribution in [3.63, 3.8) is 0 Å². The van der Waals surface area contributed by atoms with E-state index in [4.69, 9.17) is 0 Å². The molecule has 1 saturated carbocycles. The molecule has 2 heteroatoms. The van der Waals surface area contributed by atoms with Gasteiger partial charge in [-0.1, -0.05) is 13.2 Å². The third kappa shape index (κ3) is 0.652. The molecular weight excluding hydrogens is 128 g/mol. The first-order valence-corrected chi connectivity index (χ1v) is 3.02. The summed E-state index contributed by atoms with van der Waals surface area (Å²) in [4.78, 5) is 21.9. The molecule has 1 rings (SSSR count). The van der Waals surface area contributed by atoms with Gasteiger partial charge in [0, 0.05) is 11.1 Å². The van der Waals surface area contributed by atoms with Crippen LogP contribution >= 0.6 is 0 Å². The Balaban J connectivity index is 3.12. The second kappa shape index (κ2) is 1.90. The molecule has 0 aliphatic heterocycles. The average molecular weight is 136 g/mol. The molecule has 0 atom stereocenters. The lowest BCUT2D eigenvalue weighted by molar-refractivity contribution is -0.124. The van der Waals surface area contributed by atoms with Crippen molar-refractivity contribution in [2.24, 2.45) is 5.92 Å². The summed E-state index contributed by atoms with van der Waals surface area (Å²) in [5, 5.41) is 0. The van der Waals surface area contributed by atoms with Gasteiger partial charge in [0.15, 0.2) is 11.6 Å². The summed E-state index contributed by atoms with van der Waals surface area (Å²) in [7, 11) is 0. The number of Topliss-reactive ketones (excluding diaryl/α,β-unsaturated/α-hetero) is 2. The summed E-state index contributed by atoms with van der Waals surface area (Å²) >= 11 is 0. The normalized spacial score (nSPS) is 20.9. The van der Waals surface area contributed by atoms with Crippen LogP contribution in [0.5, 0.6) is 0 Å². The number of carbonyl (C=O) groups is 2. The van der Waals surface area contributed by atoms with Crippen molar-refractivity contribution >= 4 is 11.6 Å². The molecule has 10 heavy (non-hydrogen) atoms. The van der Waals surface area contributed by atoms with Crippen LogP contribution in [0.3, 0.4) is 0 Å². The molecule has 1 aliphatic rings. The Morgan fingerprint density at radius 1 is 1.10 bits per heavy atom. The maximum absolute atomic E-state index is 10.9. The first kappa shape index (κ1) is 6.93. The van der Waals surface area contributed by atoms with Crippen LogP contribution < -0.4 is 0 Å². The molecular formula is C8H8O2. The Hall–Kier alpha value is -1.18. The van der Waals surface area contributed by atoms with Crippen molar-refractivity contribution in [1.82, 2.24) is 0 Å². The van der Waals surface area contributed by atoms with Crippen molar-refractivity contribution < 1.29 is 9.59 Å². The quantitative estimate of drug-likeness (QED) is 0.366. The first-order chi connectivity index (χ1) is 4.55. The molecule has 0 N–H and O–H groups in total. The molecule has 52 valence electrons. The predicted octanol–water partition coefficient (Wildman–Crippen LogP) is 0.887. The maximum atomic E-state index is 10.9. The van der Waals surface area contributed by atoms with E-state index in [2.05, 4.69) is 13.2 Å². The van der Waals surface area contributed by atoms with E-state index in [1.807, 2.05) is 0 Å². The molecule has 0 saturated heterocycles. The van der Waals surface area contributed by atoms with Crippen LogP contribution in [0.15, 0.2) is 24.3 Å². The van der Waals surface area contributed by atoms with E-state index in [0.717, 1.165) is 0 Å². The molecule has 0 unspecified atom stereocenters. The van der Waals surface area contributed by atoms with Gasteiger partial charge >= 0.3 is 0 Å². The highest BCUT2D eigenvalue weighted by Gasteiger charge is 2.35. The molecule has 0 aromatic carbocycles. The van der Waals surface area contributed by atoms with Gasteiger partial charge in [0.1, 0.15) is 0 Å². The molecule has 0 aromatic heterocycles. The zero-order valence-electron chi connectivity index (χ0n) is 5.81. The highest BCUT2D eigenvalue weighted by Crippen LogP contribution is 2.25. The largest absolute Gasteiger partial charge is 0.293 e. The summed E-state index contributed by atoms with van der Waals surface area (Å²) in [5.41, 5.74) is 0.551. The fourth-order valence-electron chi connectivity index (χ4n) is 0.939. The van der Waals surface area contributed by atoms with Gasteiger partial charge < -0.3 is 0 Å². The van der Waals surface area contributed by atoms with Crippen molar-refractivity contribution in [1.29, 1.82) is 0 Å². The standard InChI is InChI=1S/C8H8O2/c1-4-5(2)8(10)6(3)7(4)9/h6H,1-2H2,3H3. The number of carbonyl (C=O) groups excluding carboxylic acids is 2. The van der Waals surface area contributed by atoms with Gasteiger partial charge in [-0.3, -0.25) is 9.59 Å². The third-order valence-corrected chi connectivity index (χ3v) is 1.75. The molecule has 2 nitrogen and oxygen atoms in total. The van der Waals surface area contributed by atoms with Gasteiger partial charge in [-0.25, -0.2) is 0 Å². The van der Waals surface area contributed by atoms with Crippen LogP contribution in [0.25, 0.3) is 0 Å². The van der Waals surface area contributed by atoms with E-state index >= 15 is 0 Å². The Morgan fingerprint density at radius 2 is 1.40 bits per heavy atom. The summed E-state index contributed by atoms with van der Waals surface area (Å²) in [6.45, 7) is 8.47. The van der Waals surface area contributed by atoms with E-state index in [-0.39, 0.29) is 22.7 Å². The van der Waals surface area contributed by atoms with Gasteiger partial charge in [-0.05, 0) is 6.92 Å². The Bertz CT molecular complexity index is 222. The molecule has 1 fully saturated rings. The lowest BCUT2D eigenvalue weighted by Crippen LogP contribution is -2.09. The SMILES string of the molecule is C=C1C(=C)C(=O)C(C)C1=O. The highest BCUT2D eigenvalue weighted by atomic mass is 16.2. The van der Waals surface area contributed by atoms with E-state index in [0.29, 0.717) is 0 Å². The topological polar surface area (TPSA) is 34.1 Å². The lowest BCUT2D eigenvalue weighted by Gasteiger charge is -1.90. The summed E-state index contributed by atoms with van der Waals surface area (Å²) < 4.78 is 0. The molecule has 0 amide bonds. The third-order valence-electron chi connectivity index (χ3n) is 1.75. The fraction of sp³-hybridized carbons (Fsp3) is 0.250. The van der Waals surface area contributed by atoms with Crippen molar-refractivity contribution in [2.45, 2.75) is 6.92 Å². The Kier molecular flexibility index (Phi) is 1.32. The number of ketones is 2. The van der Waals surface area contributed by atoms with E-state index in [9.17, 15) is 9.59 Å². The van der Waals surface area contributed by atoms with E-state index in [1.165, 1.54) is 0 Å². The van der Waals surface area contributed by atoms with E-state index in [1.54, 1.807) is 6.92 Å². The minimum absolute atomic E-state index is 0.185. The van der Waals surface area contributed by atoms with Crippen LogP contribution in [-0.2, 0) is 9.59 Å². The van der Waals surface area contributed by atoms with Crippen molar-refractivity contribution in [3.05, 3.63) is 24.3 Å². The molecule has 0 radical (unpaired) electrons. The Morgan fingerprint density at radius 3 is 1.50 bits per heavy atom. The summed E-state index contributed by atoms with van der Waals surface area (Å²) in [5.74, 6) is -0.912. The van der Waals surface area contributed by atoms with Crippen LogP contribution in [-0.4, -0.2) is 11.6 Å². The molecule has 0 heterocycles. The van der Waals surface area contributed by atoms with Crippen LogP contribution in [0, 0.1) is 5.92 Å². The maximum Gasteiger partial charge on any atom is 0.173 e. The van der Waals surface area contributed by atoms with Gasteiger partial charge in [0.25, 0.3) is 0 Å². The van der Waals surface area contributed by atoms with Gasteiger partial charge in [-0.15, -0.1) is 0 Å². The second-order valence-corrected chi connectivity index (χ2v) is 2.41. The first-order valence-electron chi connectivity index (χ1n) is 3.02. The number of hydrogen-bond acceptors (Lipinski definition) is 2. The Labute approximate surface area is 59.2 Å². The minimum Gasteiger partial charge on any atom is -0.293 e. The average Bonchev–Trinajstić information content (AvgIpc) is 2.07. The molecule has 0 spiro atoms. The van der Waals surface area contributed by atoms with Crippen LogP contribution in [0.4, 0.5) is 0 Å².